The van der Waals surface area contributed by atoms with Crippen LogP contribution < -0.4 is 0 Å². The van der Waals surface area contributed by atoms with Crippen LogP contribution in [0.1, 0.15) is 142 Å². The molecule has 16 heteroatoms. The minimum absolute atomic E-state index is 0.00194. The number of epoxide rings is 1. The zero-order valence-corrected chi connectivity index (χ0v) is 49.5. The Bertz CT molecular complexity index is 1960. The summed E-state index contributed by atoms with van der Waals surface area (Å²) in [5, 5.41) is 22.7. The summed E-state index contributed by atoms with van der Waals surface area (Å²) in [5.74, 6) is -4.73. The molecular weight excluding hydrogens is 951 g/mol. The highest BCUT2D eigenvalue weighted by molar-refractivity contribution is 6.74. The molecule has 402 valence electrons. The van der Waals surface area contributed by atoms with Gasteiger partial charge in [-0.25, -0.2) is 0 Å². The molecule has 11 atom stereocenters. The number of aliphatic carboxylic acids is 1. The number of hydrogen-bond donors (Lipinski definition) is 1. The van der Waals surface area contributed by atoms with Gasteiger partial charge in [0.1, 0.15) is 12.2 Å². The summed E-state index contributed by atoms with van der Waals surface area (Å²) < 4.78 is 40.3. The van der Waals surface area contributed by atoms with Crippen LogP contribution in [-0.2, 0) is 47.3 Å². The van der Waals surface area contributed by atoms with E-state index in [0.717, 1.165) is 42.7 Å². The Kier molecular flexibility index (Phi) is 23.9. The molecule has 0 aliphatic carbocycles. The molecule has 13 nitrogen and oxygen atoms in total. The predicted molar refractivity (Wildman–Crippen MR) is 291 cm³/mol. The third-order valence-corrected chi connectivity index (χ3v) is 31.0. The minimum Gasteiger partial charge on any atom is -0.481 e. The molecule has 0 radical (unpaired) electrons. The molecule has 3 rings (SSSR count). The normalized spacial score (nSPS) is 27.1. The Morgan fingerprint density at radius 2 is 1.45 bits per heavy atom. The van der Waals surface area contributed by atoms with Crippen molar-refractivity contribution in [1.82, 2.24) is 0 Å². The lowest BCUT2D eigenvalue weighted by Crippen LogP contribution is -2.49. The summed E-state index contributed by atoms with van der Waals surface area (Å²) in [6, 6.07) is 14.5. The van der Waals surface area contributed by atoms with Gasteiger partial charge in [-0.2, -0.15) is 0 Å². The molecule has 0 bridgehead atoms. The maximum Gasteiger partial charge on any atom is 0.323 e. The molecule has 0 spiro atoms. The molecule has 2 aliphatic heterocycles. The number of hydrogen-bond acceptors (Lipinski definition) is 11. The first-order chi connectivity index (χ1) is 33.4. The molecule has 0 saturated carbocycles. The summed E-state index contributed by atoms with van der Waals surface area (Å²) in [4.78, 5) is 52.2. The van der Waals surface area contributed by atoms with Gasteiger partial charge in [0.15, 0.2) is 30.9 Å². The summed E-state index contributed by atoms with van der Waals surface area (Å²) in [7, 11) is -6.52. The van der Waals surface area contributed by atoms with Crippen LogP contribution >= 0.6 is 0 Å². The molecule has 11 unspecified atom stereocenters. The molecule has 2 aliphatic rings. The number of non-ortho nitro benzene ring substituents is 1. The molecule has 2 heterocycles. The summed E-state index contributed by atoms with van der Waals surface area (Å²) in [6.07, 6.45) is 8.85. The van der Waals surface area contributed by atoms with Crippen LogP contribution in [0.4, 0.5) is 5.69 Å². The van der Waals surface area contributed by atoms with Crippen molar-refractivity contribution < 1.29 is 51.9 Å². The van der Waals surface area contributed by atoms with E-state index in [1.807, 2.05) is 59.8 Å². The average Bonchev–Trinajstić information content (AvgIpc) is 4.12. The Morgan fingerprint density at radius 3 is 1.93 bits per heavy atom. The van der Waals surface area contributed by atoms with Gasteiger partial charge in [0.2, 0.25) is 0 Å². The fraction of sp³-hybridized carbons (Fsp3) is 0.727. The Labute approximate surface area is 430 Å². The number of benzene rings is 1. The fourth-order valence-electron chi connectivity index (χ4n) is 11.0. The van der Waals surface area contributed by atoms with Gasteiger partial charge in [-0.1, -0.05) is 126 Å². The van der Waals surface area contributed by atoms with Crippen LogP contribution in [-0.4, -0.2) is 95.1 Å². The summed E-state index contributed by atoms with van der Waals surface area (Å²) in [6.45, 7) is 33.2. The van der Waals surface area contributed by atoms with Crippen molar-refractivity contribution in [2.24, 2.45) is 17.8 Å². The van der Waals surface area contributed by atoms with Crippen LogP contribution in [0.15, 0.2) is 60.2 Å². The first-order valence-electron chi connectivity index (χ1n) is 27.0. The van der Waals surface area contributed by atoms with Crippen molar-refractivity contribution in [2.45, 2.75) is 238 Å². The largest absolute Gasteiger partial charge is 0.481 e. The lowest BCUT2D eigenvalue weighted by atomic mass is 9.72. The van der Waals surface area contributed by atoms with E-state index in [0.29, 0.717) is 35.7 Å². The zero-order valence-electron chi connectivity index (χ0n) is 46.5. The van der Waals surface area contributed by atoms with Gasteiger partial charge in [-0.05, 0) is 105 Å². The predicted octanol–water partition coefficient (Wildman–Crippen LogP) is 13.7. The molecular formula is C55H93NO12Si3. The second-order valence-electron chi connectivity index (χ2n) is 21.0. The van der Waals surface area contributed by atoms with Crippen molar-refractivity contribution in [3.63, 3.8) is 0 Å². The number of carbonyl (C=O) groups excluding carboxylic acids is 2. The number of allylic oxidation sites excluding steroid dienone is 2. The fourth-order valence-corrected chi connectivity index (χ4v) is 20.0. The van der Waals surface area contributed by atoms with Crippen molar-refractivity contribution in [2.75, 3.05) is 0 Å². The summed E-state index contributed by atoms with van der Waals surface area (Å²) >= 11 is 0. The topological polar surface area (TPSA) is 173 Å². The highest BCUT2D eigenvalue weighted by Crippen LogP contribution is 2.44. The third kappa shape index (κ3) is 15.9. The third-order valence-electron chi connectivity index (χ3n) is 16.9. The Morgan fingerprint density at radius 1 is 0.901 bits per heavy atom. The van der Waals surface area contributed by atoms with E-state index < -0.39 is 88.9 Å². The highest BCUT2D eigenvalue weighted by Gasteiger charge is 2.51. The smallest absolute Gasteiger partial charge is 0.323 e. The van der Waals surface area contributed by atoms with Crippen molar-refractivity contribution in [3.05, 3.63) is 75.9 Å². The highest BCUT2D eigenvalue weighted by atomic mass is 28.4. The zero-order chi connectivity index (χ0) is 53.5. The second kappa shape index (κ2) is 27.3. The number of carbonyl (C=O) groups is 3. The number of esters is 2. The van der Waals surface area contributed by atoms with E-state index in [-0.39, 0.29) is 42.8 Å². The average molecular weight is 1040 g/mol. The van der Waals surface area contributed by atoms with Gasteiger partial charge >= 0.3 is 17.9 Å². The van der Waals surface area contributed by atoms with Crippen LogP contribution in [0, 0.1) is 27.9 Å². The van der Waals surface area contributed by atoms with Crippen molar-refractivity contribution in [1.29, 1.82) is 0 Å². The molecule has 1 N–H and O–H groups in total. The lowest BCUT2D eigenvalue weighted by Gasteiger charge is -2.40. The monoisotopic (exact) mass is 1040 g/mol. The van der Waals surface area contributed by atoms with E-state index in [9.17, 15) is 29.6 Å². The SMILES string of the molecule is CCC(O[Si](CC)(CC)CC)C(C)C1OC1CC(C)(/C=C/C=C(\C)C1OC(=O)C(C(=O)O)C(O[Si](CC)(CC)CC)CCC(C)(c2ccc([N+](=O)[O-])cc2)C(OC(C)=O)/C=C\C1C)O[Si](CC)(CC)CC. The molecule has 1 fully saturated rings. The van der Waals surface area contributed by atoms with Crippen LogP contribution in [0.2, 0.25) is 54.4 Å². The van der Waals surface area contributed by atoms with Crippen LogP contribution in [0.3, 0.4) is 0 Å². The van der Waals surface area contributed by atoms with Crippen LogP contribution in [0.25, 0.3) is 0 Å². The maximum atomic E-state index is 14.6. The molecule has 1 saturated heterocycles. The van der Waals surface area contributed by atoms with Crippen LogP contribution in [0.5, 0.6) is 0 Å². The second-order valence-corrected chi connectivity index (χ2v) is 35.2. The number of nitro groups is 1. The number of rotatable bonds is 27. The van der Waals surface area contributed by atoms with E-state index in [1.54, 1.807) is 18.2 Å². The number of nitrogens with zero attached hydrogens (tertiary/aromatic N) is 1. The van der Waals surface area contributed by atoms with E-state index in [4.69, 9.17) is 27.5 Å². The quantitative estimate of drug-likeness (QED) is 0.0129. The molecule has 1 aromatic rings. The van der Waals surface area contributed by atoms with Gasteiger partial charge in [-0.15, -0.1) is 0 Å². The number of carboxylic acids is 1. The lowest BCUT2D eigenvalue weighted by molar-refractivity contribution is -0.384. The van der Waals surface area contributed by atoms with Gasteiger partial charge in [0.05, 0.1) is 28.8 Å². The standard InChI is InChI=1S/C55H93NO12Si3/c1-17-45(66-69(18-2,19-3)20-4)41(13)51-47(64-51)38-54(15,68-71(24-8,25-9)26-10)36-27-28-39(11)50-40(12)29-34-48(63-42(14)57)55(16,43-30-32-44(33-31-43)56(61)62)37-35-46(49(52(58)59)53(60)65-50)67-70(21-5,22-6)23-7/h27-34,36,40-41,45-51H,17-26,35,37-38H2,1-16H3,(H,58,59)/b34-29-,36-27+,39-28+. The van der Waals surface area contributed by atoms with E-state index in [1.165, 1.54) is 19.1 Å². The molecule has 0 amide bonds. The van der Waals surface area contributed by atoms with E-state index in [2.05, 4.69) is 68.4 Å². The molecule has 71 heavy (non-hydrogen) atoms. The van der Waals surface area contributed by atoms with Gasteiger partial charge < -0.3 is 32.6 Å². The van der Waals surface area contributed by atoms with Crippen molar-refractivity contribution >= 4 is 48.5 Å². The van der Waals surface area contributed by atoms with Gasteiger partial charge in [-0.3, -0.25) is 24.5 Å². The van der Waals surface area contributed by atoms with Gasteiger partial charge in [0.25, 0.3) is 5.69 Å². The molecule has 1 aromatic carbocycles. The maximum absolute atomic E-state index is 14.6. The number of carboxylic acid groups (broad SMARTS) is 1. The number of ether oxygens (including phenoxy) is 3. The Hall–Kier alpha value is -3.26. The number of nitro benzene ring substituents is 1. The first-order valence-corrected chi connectivity index (χ1v) is 34.6. The van der Waals surface area contributed by atoms with Gasteiger partial charge in [0, 0.05) is 48.8 Å². The van der Waals surface area contributed by atoms with Crippen molar-refractivity contribution in [3.8, 4) is 0 Å². The van der Waals surface area contributed by atoms with E-state index >= 15 is 0 Å². The summed E-state index contributed by atoms with van der Waals surface area (Å²) in [5.41, 5.74) is -0.480. The first kappa shape index (κ1) is 62.0. The Balaban J connectivity index is 2.19. The number of cyclic esters (lactones) is 1. The molecule has 0 aromatic heterocycles. The minimum atomic E-state index is -2.54.